The maximum atomic E-state index is 12.5. The molecule has 23 heavy (non-hydrogen) atoms. The number of nitrogens with zero attached hydrogens (tertiary/aromatic N) is 1. The molecule has 6 nitrogen and oxygen atoms in total. The summed E-state index contributed by atoms with van der Waals surface area (Å²) in [5.41, 5.74) is 1.64. The van der Waals surface area contributed by atoms with E-state index in [-0.39, 0.29) is 17.7 Å². The summed E-state index contributed by atoms with van der Waals surface area (Å²) >= 11 is 0. The molecule has 0 saturated carbocycles. The zero-order valence-electron chi connectivity index (χ0n) is 13.4. The minimum Gasteiger partial charge on any atom is -0.355 e. The maximum Gasteiger partial charge on any atom is 0.257 e. The van der Waals surface area contributed by atoms with Crippen LogP contribution in [-0.2, 0) is 9.84 Å². The molecule has 1 aromatic carbocycles. The summed E-state index contributed by atoms with van der Waals surface area (Å²) in [5, 5.41) is 6.68. The molecule has 2 rings (SSSR count). The highest BCUT2D eigenvalue weighted by molar-refractivity contribution is 7.90. The predicted octanol–water partition coefficient (Wildman–Crippen LogP) is 2.20. The fourth-order valence-electron chi connectivity index (χ4n) is 2.18. The van der Waals surface area contributed by atoms with E-state index in [0.717, 1.165) is 5.56 Å². The number of hydrogen-bond donors (Lipinski definition) is 1. The fourth-order valence-corrected chi connectivity index (χ4v) is 2.96. The van der Waals surface area contributed by atoms with Gasteiger partial charge in [-0.3, -0.25) is 4.79 Å². The van der Waals surface area contributed by atoms with Crippen molar-refractivity contribution in [1.82, 2.24) is 10.5 Å². The average molecular weight is 336 g/mol. The van der Waals surface area contributed by atoms with E-state index in [4.69, 9.17) is 4.52 Å². The van der Waals surface area contributed by atoms with Crippen LogP contribution in [-0.4, -0.2) is 37.5 Å². The molecular formula is C16H20N2O4S. The molecular weight excluding hydrogens is 316 g/mol. The first-order chi connectivity index (χ1) is 10.8. The van der Waals surface area contributed by atoms with E-state index in [1.54, 1.807) is 13.8 Å². The maximum absolute atomic E-state index is 12.5. The first-order valence-electron chi connectivity index (χ1n) is 7.28. The number of hydrogen-bond acceptors (Lipinski definition) is 5. The SMILES string of the molecule is Cc1noc(-c2ccccc2)c1C(=O)N[C@H](C)CCS(C)(=O)=O. The number of amides is 1. The number of aryl methyl sites for hydroxylation is 1. The predicted molar refractivity (Wildman–Crippen MR) is 87.9 cm³/mol. The second kappa shape index (κ2) is 6.95. The Morgan fingerprint density at radius 3 is 2.57 bits per heavy atom. The second-order valence-corrected chi connectivity index (χ2v) is 7.89. The van der Waals surface area contributed by atoms with Crippen molar-refractivity contribution in [3.8, 4) is 11.3 Å². The van der Waals surface area contributed by atoms with Crippen molar-refractivity contribution < 1.29 is 17.7 Å². The zero-order chi connectivity index (χ0) is 17.0. The summed E-state index contributed by atoms with van der Waals surface area (Å²) in [6, 6.07) is 8.98. The van der Waals surface area contributed by atoms with Crippen molar-refractivity contribution in [2.24, 2.45) is 0 Å². The summed E-state index contributed by atoms with van der Waals surface area (Å²) in [5.74, 6) is 0.127. The van der Waals surface area contributed by atoms with Crippen molar-refractivity contribution in [2.75, 3.05) is 12.0 Å². The molecule has 1 amide bonds. The van der Waals surface area contributed by atoms with Crippen LogP contribution in [0, 0.1) is 6.92 Å². The van der Waals surface area contributed by atoms with E-state index < -0.39 is 9.84 Å². The highest BCUT2D eigenvalue weighted by Crippen LogP contribution is 2.26. The summed E-state index contributed by atoms with van der Waals surface area (Å²) < 4.78 is 27.7. The van der Waals surface area contributed by atoms with Crippen LogP contribution in [0.3, 0.4) is 0 Å². The quantitative estimate of drug-likeness (QED) is 0.873. The monoisotopic (exact) mass is 336 g/mol. The number of nitrogens with one attached hydrogen (secondary N) is 1. The fraction of sp³-hybridized carbons (Fsp3) is 0.375. The van der Waals surface area contributed by atoms with Crippen molar-refractivity contribution in [3.63, 3.8) is 0 Å². The summed E-state index contributed by atoms with van der Waals surface area (Å²) in [6.07, 6.45) is 1.54. The minimum atomic E-state index is -3.05. The lowest BCUT2D eigenvalue weighted by molar-refractivity contribution is 0.0939. The lowest BCUT2D eigenvalue weighted by atomic mass is 10.1. The molecule has 0 saturated heterocycles. The van der Waals surface area contributed by atoms with Crippen molar-refractivity contribution in [2.45, 2.75) is 26.3 Å². The first kappa shape index (κ1) is 17.2. The van der Waals surface area contributed by atoms with Gasteiger partial charge in [0.2, 0.25) is 0 Å². The lowest BCUT2D eigenvalue weighted by Gasteiger charge is -2.13. The Labute approximate surface area is 135 Å². The van der Waals surface area contributed by atoms with E-state index in [1.807, 2.05) is 30.3 Å². The lowest BCUT2D eigenvalue weighted by Crippen LogP contribution is -2.34. The van der Waals surface area contributed by atoms with E-state index in [1.165, 1.54) is 6.26 Å². The Kier molecular flexibility index (Phi) is 5.20. The Balaban J connectivity index is 2.16. The van der Waals surface area contributed by atoms with E-state index >= 15 is 0 Å². The first-order valence-corrected chi connectivity index (χ1v) is 9.34. The highest BCUT2D eigenvalue weighted by Gasteiger charge is 2.23. The van der Waals surface area contributed by atoms with E-state index in [9.17, 15) is 13.2 Å². The van der Waals surface area contributed by atoms with E-state index in [2.05, 4.69) is 10.5 Å². The molecule has 0 aliphatic carbocycles. The highest BCUT2D eigenvalue weighted by atomic mass is 32.2. The Hall–Kier alpha value is -2.15. The molecule has 0 unspecified atom stereocenters. The number of aromatic nitrogens is 1. The Bertz CT molecular complexity index is 782. The molecule has 7 heteroatoms. The topological polar surface area (TPSA) is 89.3 Å². The average Bonchev–Trinajstić information content (AvgIpc) is 2.87. The van der Waals surface area contributed by atoms with Crippen molar-refractivity contribution >= 4 is 15.7 Å². The van der Waals surface area contributed by atoms with Crippen LogP contribution in [0.15, 0.2) is 34.9 Å². The van der Waals surface area contributed by atoms with Crippen LogP contribution in [0.25, 0.3) is 11.3 Å². The van der Waals surface area contributed by atoms with Crippen LogP contribution < -0.4 is 5.32 Å². The summed E-state index contributed by atoms with van der Waals surface area (Å²) in [7, 11) is -3.05. The number of rotatable bonds is 6. The molecule has 1 N–H and O–H groups in total. The van der Waals surface area contributed by atoms with Crippen LogP contribution in [0.4, 0.5) is 0 Å². The molecule has 124 valence electrons. The minimum absolute atomic E-state index is 0.0304. The van der Waals surface area contributed by atoms with Crippen molar-refractivity contribution in [3.05, 3.63) is 41.6 Å². The third-order valence-corrected chi connectivity index (χ3v) is 4.40. The summed E-state index contributed by atoms with van der Waals surface area (Å²) in [4.78, 5) is 12.5. The zero-order valence-corrected chi connectivity index (χ0v) is 14.2. The number of carbonyl (C=O) groups is 1. The van der Waals surface area contributed by atoms with Crippen LogP contribution in [0.5, 0.6) is 0 Å². The Morgan fingerprint density at radius 1 is 1.30 bits per heavy atom. The molecule has 0 aliphatic heterocycles. The third-order valence-electron chi connectivity index (χ3n) is 3.42. The van der Waals surface area contributed by atoms with Gasteiger partial charge in [0, 0.05) is 17.9 Å². The molecule has 0 spiro atoms. The van der Waals surface area contributed by atoms with Crippen molar-refractivity contribution in [1.29, 1.82) is 0 Å². The van der Waals surface area contributed by atoms with Gasteiger partial charge in [-0.2, -0.15) is 0 Å². The molecule has 1 heterocycles. The van der Waals surface area contributed by atoms with Gasteiger partial charge >= 0.3 is 0 Å². The smallest absolute Gasteiger partial charge is 0.257 e. The van der Waals surface area contributed by atoms with Gasteiger partial charge in [0.05, 0.1) is 11.4 Å². The van der Waals surface area contributed by atoms with Gasteiger partial charge in [-0.05, 0) is 20.3 Å². The van der Waals surface area contributed by atoms with Gasteiger partial charge in [-0.25, -0.2) is 8.42 Å². The molecule has 1 atom stereocenters. The Morgan fingerprint density at radius 2 is 1.96 bits per heavy atom. The van der Waals surface area contributed by atoms with Gasteiger partial charge < -0.3 is 9.84 Å². The van der Waals surface area contributed by atoms with E-state index in [0.29, 0.717) is 23.4 Å². The number of benzene rings is 1. The molecule has 0 radical (unpaired) electrons. The van der Waals surface area contributed by atoms with Gasteiger partial charge in [0.15, 0.2) is 5.76 Å². The van der Waals surface area contributed by atoms with Gasteiger partial charge in [0.1, 0.15) is 15.4 Å². The number of carbonyl (C=O) groups excluding carboxylic acids is 1. The third kappa shape index (κ3) is 4.66. The molecule has 0 bridgehead atoms. The molecule has 0 fully saturated rings. The van der Waals surface area contributed by atoms with Crippen LogP contribution in [0.1, 0.15) is 29.4 Å². The summed E-state index contributed by atoms with van der Waals surface area (Å²) in [6.45, 7) is 3.47. The van der Waals surface area contributed by atoms with Gasteiger partial charge in [-0.15, -0.1) is 0 Å². The van der Waals surface area contributed by atoms with Gasteiger partial charge in [-0.1, -0.05) is 35.5 Å². The normalized spacial score (nSPS) is 12.8. The molecule has 0 aliphatic rings. The largest absolute Gasteiger partial charge is 0.355 e. The standard InChI is InChI=1S/C16H20N2O4S/c1-11(9-10-23(3,20)21)17-16(19)14-12(2)18-22-15(14)13-7-5-4-6-8-13/h4-8,11H,9-10H2,1-3H3,(H,17,19)/t11-/m1/s1. The molecule has 2 aromatic rings. The van der Waals surface area contributed by atoms with Crippen LogP contribution in [0.2, 0.25) is 0 Å². The number of sulfone groups is 1. The molecule has 1 aromatic heterocycles. The van der Waals surface area contributed by atoms with Gasteiger partial charge in [0.25, 0.3) is 5.91 Å². The second-order valence-electron chi connectivity index (χ2n) is 5.63. The van der Waals surface area contributed by atoms with Crippen LogP contribution >= 0.6 is 0 Å².